The van der Waals surface area contributed by atoms with Gasteiger partial charge in [0.2, 0.25) is 0 Å². The zero-order chi connectivity index (χ0) is 13.9. The van der Waals surface area contributed by atoms with Gasteiger partial charge in [0.05, 0.1) is 0 Å². The van der Waals surface area contributed by atoms with E-state index in [-0.39, 0.29) is 27.1 Å². The van der Waals surface area contributed by atoms with Gasteiger partial charge in [-0.05, 0) is 0 Å². The van der Waals surface area contributed by atoms with Gasteiger partial charge in [-0.1, -0.05) is 47.0 Å². The summed E-state index contributed by atoms with van der Waals surface area (Å²) in [7, 11) is 0. The van der Waals surface area contributed by atoms with Gasteiger partial charge in [-0.2, -0.15) is 46.5 Å². The maximum absolute atomic E-state index is 3.44. The second-order valence-corrected chi connectivity index (χ2v) is 5.60. The first-order chi connectivity index (χ1) is 8.25. The summed E-state index contributed by atoms with van der Waals surface area (Å²) in [6.45, 7) is 15.1. The molecule has 0 amide bonds. The number of benzene rings is 1. The Morgan fingerprint density at radius 3 is 1.79 bits per heavy atom. The third kappa shape index (κ3) is 4.78. The van der Waals surface area contributed by atoms with E-state index in [1.54, 1.807) is 0 Å². The van der Waals surface area contributed by atoms with Gasteiger partial charge in [-0.25, -0.2) is 5.57 Å². The summed E-state index contributed by atoms with van der Waals surface area (Å²) in [5, 5.41) is 0. The van der Waals surface area contributed by atoms with Crippen LogP contribution in [-0.2, 0) is 21.7 Å². The number of hydrogen-bond acceptors (Lipinski definition) is 0. The second kappa shape index (κ2) is 7.26. The zero-order valence-corrected chi connectivity index (χ0v) is 14.8. The molecule has 0 nitrogen and oxygen atoms in total. The molecule has 0 saturated heterocycles. The Hall–Kier alpha value is -0.586. The Labute approximate surface area is 133 Å². The summed E-state index contributed by atoms with van der Waals surface area (Å²) in [5.41, 5.74) is 6.95. The predicted molar refractivity (Wildman–Crippen MR) is 79.3 cm³/mol. The van der Waals surface area contributed by atoms with E-state index in [0.29, 0.717) is 0 Å². The van der Waals surface area contributed by atoms with E-state index in [9.17, 15) is 0 Å². The molecule has 1 heteroatoms. The standard InChI is InChI=1S/C10H15.C8H9.Ti/c1-7-6-10(4,5)9(3)8(7)2;1-7-5-3-4-6-8(7)2;/h1-5H3;3-5H,1-2H3;/q2*-1;+2. The normalized spacial score (nSPS) is 16.3. The van der Waals surface area contributed by atoms with Gasteiger partial charge in [-0.3, -0.25) is 6.08 Å². The fraction of sp³-hybridized carbons (Fsp3) is 0.444. The Balaban J connectivity index is 0.000000331. The van der Waals surface area contributed by atoms with Crippen molar-refractivity contribution in [2.45, 2.75) is 48.5 Å². The van der Waals surface area contributed by atoms with Crippen LogP contribution in [0.2, 0.25) is 0 Å². The molecule has 0 heterocycles. The SMILES string of the molecule is CC1=[C-]C(C)(C)C(C)=C1C.Cc1[c-]cccc1C.[Ti+2]. The van der Waals surface area contributed by atoms with Crippen molar-refractivity contribution in [3.8, 4) is 0 Å². The van der Waals surface area contributed by atoms with Crippen molar-refractivity contribution in [2.75, 3.05) is 0 Å². The Morgan fingerprint density at radius 2 is 1.58 bits per heavy atom. The molecule has 0 N–H and O–H groups in total. The molecule has 100 valence electrons. The molecule has 0 saturated carbocycles. The van der Waals surface area contributed by atoms with Crippen molar-refractivity contribution in [1.82, 2.24) is 0 Å². The molecule has 0 unspecified atom stereocenters. The maximum Gasteiger partial charge on any atom is 2.00 e. The fourth-order valence-electron chi connectivity index (χ4n) is 2.01. The predicted octanol–water partition coefficient (Wildman–Crippen LogP) is 5.21. The van der Waals surface area contributed by atoms with Crippen LogP contribution in [0, 0.1) is 31.4 Å². The van der Waals surface area contributed by atoms with Crippen LogP contribution < -0.4 is 0 Å². The molecule has 0 aliphatic heterocycles. The average molecular weight is 288 g/mol. The van der Waals surface area contributed by atoms with Crippen LogP contribution in [0.25, 0.3) is 0 Å². The molecule has 0 radical (unpaired) electrons. The van der Waals surface area contributed by atoms with Gasteiger partial charge in [-0.15, -0.1) is 6.92 Å². The molecule has 0 bridgehead atoms. The molecule has 0 atom stereocenters. The van der Waals surface area contributed by atoms with Crippen LogP contribution in [0.3, 0.4) is 0 Å². The molecule has 19 heavy (non-hydrogen) atoms. The van der Waals surface area contributed by atoms with Gasteiger partial charge in [0.1, 0.15) is 0 Å². The summed E-state index contributed by atoms with van der Waals surface area (Å²) in [6.07, 6.45) is 3.44. The minimum absolute atomic E-state index is 0. The maximum atomic E-state index is 3.44. The number of hydrogen-bond donors (Lipinski definition) is 0. The van der Waals surface area contributed by atoms with Crippen molar-refractivity contribution in [2.24, 2.45) is 5.41 Å². The monoisotopic (exact) mass is 288 g/mol. The van der Waals surface area contributed by atoms with Gasteiger partial charge in [0, 0.05) is 0 Å². The van der Waals surface area contributed by atoms with Crippen LogP contribution in [0.15, 0.2) is 34.9 Å². The van der Waals surface area contributed by atoms with Crippen LogP contribution >= 0.6 is 0 Å². The van der Waals surface area contributed by atoms with Crippen molar-refractivity contribution < 1.29 is 21.7 Å². The average Bonchev–Trinajstić information content (AvgIpc) is 2.47. The zero-order valence-electron chi connectivity index (χ0n) is 13.2. The minimum atomic E-state index is 0. The van der Waals surface area contributed by atoms with E-state index < -0.39 is 0 Å². The minimum Gasteiger partial charge on any atom is -0.263 e. The number of aryl methyl sites for hydroxylation is 2. The molecule has 0 fully saturated rings. The molecule has 0 spiro atoms. The molecule has 1 aromatic carbocycles. The topological polar surface area (TPSA) is 0 Å². The van der Waals surface area contributed by atoms with E-state index in [1.807, 2.05) is 12.1 Å². The van der Waals surface area contributed by atoms with E-state index >= 15 is 0 Å². The second-order valence-electron chi connectivity index (χ2n) is 5.60. The van der Waals surface area contributed by atoms with Crippen LogP contribution in [-0.4, -0.2) is 0 Å². The Bertz CT molecular complexity index is 469. The first-order valence-electron chi connectivity index (χ1n) is 6.49. The fourth-order valence-corrected chi connectivity index (χ4v) is 2.01. The Kier molecular flexibility index (Phi) is 7.04. The molecule has 1 aromatic rings. The summed E-state index contributed by atoms with van der Waals surface area (Å²) in [4.78, 5) is 0. The molecule has 1 aliphatic carbocycles. The third-order valence-corrected chi connectivity index (χ3v) is 3.90. The summed E-state index contributed by atoms with van der Waals surface area (Å²) in [5.74, 6) is 0. The smallest absolute Gasteiger partial charge is 0.263 e. The Morgan fingerprint density at radius 1 is 1.00 bits per heavy atom. The molecule has 1 aliphatic rings. The van der Waals surface area contributed by atoms with Gasteiger partial charge in [0.25, 0.3) is 0 Å². The van der Waals surface area contributed by atoms with Gasteiger partial charge in [0.15, 0.2) is 0 Å². The van der Waals surface area contributed by atoms with E-state index in [0.717, 1.165) is 0 Å². The van der Waals surface area contributed by atoms with E-state index in [4.69, 9.17) is 0 Å². The molecule has 0 aromatic heterocycles. The van der Waals surface area contributed by atoms with E-state index in [2.05, 4.69) is 66.7 Å². The molecular weight excluding hydrogens is 264 g/mol. The summed E-state index contributed by atoms with van der Waals surface area (Å²) < 4.78 is 0. The van der Waals surface area contributed by atoms with E-state index in [1.165, 1.54) is 27.8 Å². The van der Waals surface area contributed by atoms with Gasteiger partial charge >= 0.3 is 21.7 Å². The first kappa shape index (κ1) is 18.4. The number of allylic oxidation sites excluding steroid dienone is 4. The quantitative estimate of drug-likeness (QED) is 0.454. The van der Waals surface area contributed by atoms with Crippen molar-refractivity contribution >= 4 is 0 Å². The summed E-state index contributed by atoms with van der Waals surface area (Å²) in [6, 6.07) is 9.12. The van der Waals surface area contributed by atoms with Crippen molar-refractivity contribution in [3.63, 3.8) is 0 Å². The van der Waals surface area contributed by atoms with Crippen LogP contribution in [0.4, 0.5) is 0 Å². The largest absolute Gasteiger partial charge is 2.00 e. The van der Waals surface area contributed by atoms with Crippen molar-refractivity contribution in [3.05, 3.63) is 58.2 Å². The van der Waals surface area contributed by atoms with Crippen LogP contribution in [0.5, 0.6) is 0 Å². The van der Waals surface area contributed by atoms with Crippen LogP contribution in [0.1, 0.15) is 45.7 Å². The molecule has 2 rings (SSSR count). The third-order valence-electron chi connectivity index (χ3n) is 3.90. The van der Waals surface area contributed by atoms with Crippen molar-refractivity contribution in [1.29, 1.82) is 0 Å². The summed E-state index contributed by atoms with van der Waals surface area (Å²) >= 11 is 0. The molecular formula is C18H24Ti. The number of rotatable bonds is 0. The van der Waals surface area contributed by atoms with Gasteiger partial charge < -0.3 is 0 Å². The first-order valence-corrected chi connectivity index (χ1v) is 6.49.